The Kier molecular flexibility index (Phi) is 6.65. The van der Waals surface area contributed by atoms with Crippen molar-refractivity contribution >= 4 is 17.6 Å². The molecule has 0 bridgehead atoms. The summed E-state index contributed by atoms with van der Waals surface area (Å²) in [4.78, 5) is 40.0. The van der Waals surface area contributed by atoms with E-state index in [1.807, 2.05) is 0 Å². The molecular weight excluding hydrogens is 451 g/mol. The number of halogens is 3. The maximum atomic E-state index is 14.9. The summed E-state index contributed by atoms with van der Waals surface area (Å²) in [6.07, 6.45) is 2.31. The molecule has 2 aliphatic heterocycles. The number of likely N-dealkylation sites (tertiary alicyclic amines) is 2. The maximum Gasteiger partial charge on any atom is 0.315 e. The molecule has 34 heavy (non-hydrogen) atoms. The predicted octanol–water partition coefficient (Wildman–Crippen LogP) is 2.42. The zero-order valence-corrected chi connectivity index (χ0v) is 18.4. The zero-order chi connectivity index (χ0) is 24.5. The van der Waals surface area contributed by atoms with E-state index in [9.17, 15) is 27.6 Å². The van der Waals surface area contributed by atoms with Gasteiger partial charge in [0.05, 0.1) is 23.8 Å². The molecule has 8 nitrogen and oxygen atoms in total. The van der Waals surface area contributed by atoms with Crippen LogP contribution >= 0.6 is 0 Å². The first-order chi connectivity index (χ1) is 16.1. The van der Waals surface area contributed by atoms with E-state index < -0.39 is 42.2 Å². The van der Waals surface area contributed by atoms with Crippen molar-refractivity contribution < 1.29 is 22.8 Å². The second-order valence-electron chi connectivity index (χ2n) is 8.75. The summed E-state index contributed by atoms with van der Waals surface area (Å²) in [7, 11) is 0. The van der Waals surface area contributed by atoms with Gasteiger partial charge in [0.15, 0.2) is 0 Å². The molecule has 2 fully saturated rings. The van der Waals surface area contributed by atoms with Gasteiger partial charge in [0, 0.05) is 50.4 Å². The number of nitrogens with zero attached hydrogens (tertiary/aromatic N) is 3. The maximum absolute atomic E-state index is 14.9. The third-order valence-corrected chi connectivity index (χ3v) is 6.40. The number of alkyl halides is 2. The van der Waals surface area contributed by atoms with Gasteiger partial charge in [-0.1, -0.05) is 6.07 Å². The fourth-order valence-corrected chi connectivity index (χ4v) is 4.73. The Hall–Kier alpha value is -3.34. The number of pyridine rings is 1. The third kappa shape index (κ3) is 5.09. The van der Waals surface area contributed by atoms with Gasteiger partial charge in [-0.25, -0.2) is 18.0 Å². The number of hydrogen-bond donors (Lipinski definition) is 2. The lowest BCUT2D eigenvalue weighted by Gasteiger charge is -2.32. The molecule has 3 heterocycles. The standard InChI is InChI=1S/C23H26F3N5O3/c24-17-12-15(30-9-2-1-5-20(30)32)6-7-18(17)28-21(33)16(13-29-11-8-23(25,26)14-29)19-4-3-10-31(19)22(27)34/h1-2,5-7,9,12,16,19H,3-4,8,10-11,13-14H2,(H2,27,34)(H,28,33)/t16?,19-/m0/s1. The molecule has 0 radical (unpaired) electrons. The lowest BCUT2D eigenvalue weighted by molar-refractivity contribution is -0.122. The van der Waals surface area contributed by atoms with Crippen LogP contribution in [0.3, 0.4) is 0 Å². The smallest absolute Gasteiger partial charge is 0.315 e. The van der Waals surface area contributed by atoms with Crippen LogP contribution in [0.4, 0.5) is 23.7 Å². The van der Waals surface area contributed by atoms with Crippen molar-refractivity contribution in [3.05, 3.63) is 58.8 Å². The fraction of sp³-hybridized carbons (Fsp3) is 0.435. The molecule has 0 spiro atoms. The molecule has 1 aromatic carbocycles. The fourth-order valence-electron chi connectivity index (χ4n) is 4.73. The Balaban J connectivity index is 1.56. The zero-order valence-electron chi connectivity index (χ0n) is 18.4. The van der Waals surface area contributed by atoms with E-state index >= 15 is 0 Å². The number of urea groups is 1. The highest BCUT2D eigenvalue weighted by Crippen LogP contribution is 2.31. The van der Waals surface area contributed by atoms with Crippen molar-refractivity contribution in [2.75, 3.05) is 31.5 Å². The SMILES string of the molecule is NC(=O)N1CCC[C@H]1C(CN1CCC(F)(F)C1)C(=O)Nc1ccc(-n2ccccc2=O)cc1F. The summed E-state index contributed by atoms with van der Waals surface area (Å²) in [5, 5.41) is 2.54. The van der Waals surface area contributed by atoms with Crippen LogP contribution < -0.4 is 16.6 Å². The van der Waals surface area contributed by atoms with E-state index in [2.05, 4.69) is 5.32 Å². The molecule has 11 heteroatoms. The van der Waals surface area contributed by atoms with Crippen molar-refractivity contribution in [1.82, 2.24) is 14.4 Å². The van der Waals surface area contributed by atoms with Crippen LogP contribution in [0.25, 0.3) is 5.69 Å². The predicted molar refractivity (Wildman–Crippen MR) is 119 cm³/mol. The lowest BCUT2D eigenvalue weighted by atomic mass is 9.95. The quantitative estimate of drug-likeness (QED) is 0.667. The van der Waals surface area contributed by atoms with Gasteiger partial charge >= 0.3 is 6.03 Å². The number of benzene rings is 1. The Morgan fingerprint density at radius 1 is 1.21 bits per heavy atom. The summed E-state index contributed by atoms with van der Waals surface area (Å²) >= 11 is 0. The third-order valence-electron chi connectivity index (χ3n) is 6.40. The number of primary amides is 1. The highest BCUT2D eigenvalue weighted by Gasteiger charge is 2.43. The van der Waals surface area contributed by atoms with Gasteiger partial charge in [0.1, 0.15) is 5.82 Å². The van der Waals surface area contributed by atoms with Crippen molar-refractivity contribution in [2.24, 2.45) is 11.7 Å². The van der Waals surface area contributed by atoms with Crippen LogP contribution in [0.2, 0.25) is 0 Å². The summed E-state index contributed by atoms with van der Waals surface area (Å²) in [6, 6.07) is 7.23. The van der Waals surface area contributed by atoms with E-state index in [1.54, 1.807) is 12.1 Å². The van der Waals surface area contributed by atoms with Crippen molar-refractivity contribution in [1.29, 1.82) is 0 Å². The summed E-state index contributed by atoms with van der Waals surface area (Å²) < 4.78 is 43.6. The van der Waals surface area contributed by atoms with Gasteiger partial charge in [-0.05, 0) is 31.0 Å². The topological polar surface area (TPSA) is 101 Å². The van der Waals surface area contributed by atoms with E-state index in [-0.39, 0.29) is 36.4 Å². The number of nitrogens with two attached hydrogens (primary N) is 1. The monoisotopic (exact) mass is 477 g/mol. The van der Waals surface area contributed by atoms with E-state index in [0.717, 1.165) is 6.07 Å². The molecule has 4 rings (SSSR count). The highest BCUT2D eigenvalue weighted by atomic mass is 19.3. The first-order valence-electron chi connectivity index (χ1n) is 11.1. The van der Waals surface area contributed by atoms with Crippen molar-refractivity contribution in [2.45, 2.75) is 31.2 Å². The second kappa shape index (κ2) is 9.49. The van der Waals surface area contributed by atoms with E-state index in [4.69, 9.17) is 5.73 Å². The number of amides is 3. The minimum absolute atomic E-state index is 0.00498. The van der Waals surface area contributed by atoms with Gasteiger partial charge in [0.25, 0.3) is 11.5 Å². The Bertz CT molecular complexity index is 1140. The van der Waals surface area contributed by atoms with Crippen LogP contribution in [0.1, 0.15) is 19.3 Å². The molecule has 1 aromatic heterocycles. The molecule has 0 saturated carbocycles. The lowest BCUT2D eigenvalue weighted by Crippen LogP contribution is -2.50. The highest BCUT2D eigenvalue weighted by molar-refractivity contribution is 5.94. The number of carbonyl (C=O) groups is 2. The number of hydrogen-bond acceptors (Lipinski definition) is 4. The van der Waals surface area contributed by atoms with Gasteiger partial charge < -0.3 is 16.0 Å². The van der Waals surface area contributed by atoms with Gasteiger partial charge in [-0.2, -0.15) is 0 Å². The van der Waals surface area contributed by atoms with Crippen LogP contribution in [-0.2, 0) is 4.79 Å². The molecule has 1 unspecified atom stereocenters. The molecule has 2 aromatic rings. The second-order valence-corrected chi connectivity index (χ2v) is 8.75. The summed E-state index contributed by atoms with van der Waals surface area (Å²) in [6.45, 7) is 0.00766. The molecule has 2 atom stereocenters. The van der Waals surface area contributed by atoms with E-state index in [0.29, 0.717) is 19.4 Å². The molecule has 3 N–H and O–H groups in total. The molecule has 3 amide bonds. The van der Waals surface area contributed by atoms with Gasteiger partial charge in [-0.15, -0.1) is 0 Å². The summed E-state index contributed by atoms with van der Waals surface area (Å²) in [5.74, 6) is -5.06. The number of carbonyl (C=O) groups excluding carboxylic acids is 2. The first-order valence-corrected chi connectivity index (χ1v) is 11.1. The number of rotatable bonds is 6. The van der Waals surface area contributed by atoms with Crippen LogP contribution in [0.15, 0.2) is 47.4 Å². The number of nitrogens with one attached hydrogen (secondary N) is 1. The number of anilines is 1. The van der Waals surface area contributed by atoms with E-state index in [1.165, 1.54) is 38.8 Å². The Labute approximate surface area is 194 Å². The van der Waals surface area contributed by atoms with Crippen molar-refractivity contribution in [3.63, 3.8) is 0 Å². The normalized spacial score (nSPS) is 20.9. The average molecular weight is 477 g/mol. The minimum atomic E-state index is -2.84. The van der Waals surface area contributed by atoms with Gasteiger partial charge in [-0.3, -0.25) is 19.1 Å². The Morgan fingerprint density at radius 2 is 2.00 bits per heavy atom. The Morgan fingerprint density at radius 3 is 2.65 bits per heavy atom. The van der Waals surface area contributed by atoms with Crippen molar-refractivity contribution in [3.8, 4) is 5.69 Å². The molecule has 2 saturated heterocycles. The molecule has 2 aliphatic rings. The molecule has 182 valence electrons. The van der Waals surface area contributed by atoms with Crippen LogP contribution in [-0.4, -0.2) is 64.4 Å². The average Bonchev–Trinajstić information content (AvgIpc) is 3.40. The van der Waals surface area contributed by atoms with Gasteiger partial charge in [0.2, 0.25) is 5.91 Å². The molecule has 0 aliphatic carbocycles. The van der Waals surface area contributed by atoms with Crippen LogP contribution in [0.5, 0.6) is 0 Å². The first kappa shape index (κ1) is 23.8. The minimum Gasteiger partial charge on any atom is -0.351 e. The largest absolute Gasteiger partial charge is 0.351 e. The number of aromatic nitrogens is 1. The van der Waals surface area contributed by atoms with Crippen LogP contribution in [0, 0.1) is 11.7 Å². The summed E-state index contributed by atoms with van der Waals surface area (Å²) in [5.41, 5.74) is 5.31. The molecular formula is C23H26F3N5O3.